The van der Waals surface area contributed by atoms with Crippen LogP contribution in [-0.4, -0.2) is 40.7 Å². The molecule has 2 amide bonds. The van der Waals surface area contributed by atoms with Crippen molar-refractivity contribution in [1.82, 2.24) is 9.80 Å². The number of amides is 2. The normalized spacial score (nSPS) is 33.2. The third-order valence-electron chi connectivity index (χ3n) is 6.84. The van der Waals surface area contributed by atoms with E-state index in [0.29, 0.717) is 18.9 Å². The number of hydrogen-bond acceptors (Lipinski definition) is 3. The molecule has 0 aromatic carbocycles. The molecular formula is C19H24N2O2S. The fraction of sp³-hybridized carbons (Fsp3) is 0.684. The Morgan fingerprint density at radius 2 is 2.00 bits per heavy atom. The first-order valence-corrected chi connectivity index (χ1v) is 10.2. The fourth-order valence-electron chi connectivity index (χ4n) is 5.58. The van der Waals surface area contributed by atoms with E-state index in [2.05, 4.69) is 16.3 Å². The monoisotopic (exact) mass is 344 g/mol. The molecule has 4 nitrogen and oxygen atoms in total. The largest absolute Gasteiger partial charge is 0.339 e. The van der Waals surface area contributed by atoms with Crippen molar-refractivity contribution < 1.29 is 9.59 Å². The highest BCUT2D eigenvalue weighted by Gasteiger charge is 2.57. The molecule has 1 aromatic rings. The van der Waals surface area contributed by atoms with E-state index in [1.165, 1.54) is 29.7 Å². The molecule has 3 fully saturated rings. The minimum absolute atomic E-state index is 0.144. The summed E-state index contributed by atoms with van der Waals surface area (Å²) < 4.78 is 0. The SMILES string of the molecule is O=C(CCC(=O)N1C[C@H]2[C@H]3CC[C@@H](C3)[C@H]21)N1CCc2sccc2C1. The molecule has 5 heteroatoms. The van der Waals surface area contributed by atoms with Crippen molar-refractivity contribution in [2.24, 2.45) is 17.8 Å². The van der Waals surface area contributed by atoms with Crippen LogP contribution < -0.4 is 0 Å². The van der Waals surface area contributed by atoms with Crippen LogP contribution in [-0.2, 0) is 22.6 Å². The smallest absolute Gasteiger partial charge is 0.223 e. The van der Waals surface area contributed by atoms with E-state index < -0.39 is 0 Å². The minimum atomic E-state index is 0.144. The van der Waals surface area contributed by atoms with Crippen LogP contribution in [0.1, 0.15) is 42.5 Å². The van der Waals surface area contributed by atoms with Crippen LogP contribution in [0.25, 0.3) is 0 Å². The van der Waals surface area contributed by atoms with Gasteiger partial charge in [0.2, 0.25) is 11.8 Å². The van der Waals surface area contributed by atoms with E-state index in [-0.39, 0.29) is 11.8 Å². The highest BCUT2D eigenvalue weighted by Crippen LogP contribution is 2.55. The molecule has 1 aromatic heterocycles. The number of carbonyl (C=O) groups is 2. The molecule has 4 aliphatic rings. The summed E-state index contributed by atoms with van der Waals surface area (Å²) >= 11 is 1.79. The average Bonchev–Trinajstić information content (AvgIpc) is 3.25. The second kappa shape index (κ2) is 5.58. The van der Waals surface area contributed by atoms with Crippen LogP contribution in [0.3, 0.4) is 0 Å². The van der Waals surface area contributed by atoms with Crippen LogP contribution in [0.5, 0.6) is 0 Å². The van der Waals surface area contributed by atoms with E-state index in [1.54, 1.807) is 11.3 Å². The van der Waals surface area contributed by atoms with Gasteiger partial charge in [0.15, 0.2) is 0 Å². The van der Waals surface area contributed by atoms with Gasteiger partial charge in [-0.1, -0.05) is 0 Å². The van der Waals surface area contributed by atoms with Crippen molar-refractivity contribution in [2.75, 3.05) is 13.1 Å². The van der Waals surface area contributed by atoms with Crippen LogP contribution in [0.2, 0.25) is 0 Å². The summed E-state index contributed by atoms with van der Waals surface area (Å²) in [5, 5.41) is 2.11. The zero-order valence-electron chi connectivity index (χ0n) is 13.9. The van der Waals surface area contributed by atoms with Gasteiger partial charge in [-0.3, -0.25) is 9.59 Å². The number of likely N-dealkylation sites (tertiary alicyclic amines) is 1. The minimum Gasteiger partial charge on any atom is -0.339 e. The Morgan fingerprint density at radius 3 is 2.88 bits per heavy atom. The van der Waals surface area contributed by atoms with E-state index in [4.69, 9.17) is 0 Å². The van der Waals surface area contributed by atoms with Crippen molar-refractivity contribution in [3.8, 4) is 0 Å². The second-order valence-corrected chi connectivity index (χ2v) is 8.97. The Labute approximate surface area is 146 Å². The first-order valence-electron chi connectivity index (χ1n) is 9.33. The Kier molecular flexibility index (Phi) is 3.47. The van der Waals surface area contributed by atoms with Crippen molar-refractivity contribution in [3.05, 3.63) is 21.9 Å². The van der Waals surface area contributed by atoms with E-state index in [0.717, 1.165) is 43.8 Å². The van der Waals surface area contributed by atoms with Crippen molar-refractivity contribution in [2.45, 2.75) is 51.1 Å². The lowest BCUT2D eigenvalue weighted by atomic mass is 9.76. The number of thiophene rings is 1. The third-order valence-corrected chi connectivity index (χ3v) is 7.86. The summed E-state index contributed by atoms with van der Waals surface area (Å²) in [4.78, 5) is 30.5. The first-order chi connectivity index (χ1) is 11.7. The Bertz CT molecular complexity index is 683. The molecule has 2 aliphatic heterocycles. The molecule has 0 radical (unpaired) electrons. The van der Waals surface area contributed by atoms with Gasteiger partial charge in [-0.15, -0.1) is 11.3 Å². The van der Waals surface area contributed by atoms with Gasteiger partial charge < -0.3 is 9.80 Å². The van der Waals surface area contributed by atoms with E-state index >= 15 is 0 Å². The Morgan fingerprint density at radius 1 is 1.17 bits per heavy atom. The van der Waals surface area contributed by atoms with Crippen LogP contribution in [0.15, 0.2) is 11.4 Å². The zero-order valence-corrected chi connectivity index (χ0v) is 14.8. The summed E-state index contributed by atoms with van der Waals surface area (Å²) in [6.07, 6.45) is 5.77. The molecule has 128 valence electrons. The molecule has 1 saturated heterocycles. The van der Waals surface area contributed by atoms with Gasteiger partial charge in [0.05, 0.1) is 0 Å². The van der Waals surface area contributed by atoms with Crippen molar-refractivity contribution >= 4 is 23.2 Å². The van der Waals surface area contributed by atoms with Crippen LogP contribution in [0.4, 0.5) is 0 Å². The quantitative estimate of drug-likeness (QED) is 0.846. The predicted molar refractivity (Wildman–Crippen MR) is 92.5 cm³/mol. The topological polar surface area (TPSA) is 40.6 Å². The maximum atomic E-state index is 12.5. The second-order valence-electron chi connectivity index (χ2n) is 7.97. The average molecular weight is 344 g/mol. The molecule has 3 heterocycles. The Balaban J connectivity index is 1.14. The number of rotatable bonds is 3. The van der Waals surface area contributed by atoms with Gasteiger partial charge in [0.1, 0.15) is 0 Å². The van der Waals surface area contributed by atoms with Gasteiger partial charge in [0.25, 0.3) is 0 Å². The number of nitrogens with zero attached hydrogens (tertiary/aromatic N) is 2. The Hall–Kier alpha value is -1.36. The van der Waals surface area contributed by atoms with Gasteiger partial charge >= 0.3 is 0 Å². The molecule has 2 saturated carbocycles. The lowest BCUT2D eigenvalue weighted by Gasteiger charge is -2.50. The molecule has 4 atom stereocenters. The van der Waals surface area contributed by atoms with Crippen molar-refractivity contribution in [1.29, 1.82) is 0 Å². The van der Waals surface area contributed by atoms with E-state index in [9.17, 15) is 9.59 Å². The molecule has 5 rings (SSSR count). The summed E-state index contributed by atoms with van der Waals surface area (Å²) in [5.74, 6) is 2.78. The molecule has 2 aliphatic carbocycles. The van der Waals surface area contributed by atoms with E-state index in [1.807, 2.05) is 4.90 Å². The molecular weight excluding hydrogens is 320 g/mol. The predicted octanol–water partition coefficient (Wildman–Crippen LogP) is 2.67. The molecule has 2 bridgehead atoms. The number of carbonyl (C=O) groups excluding carboxylic acids is 2. The fourth-order valence-corrected chi connectivity index (χ4v) is 6.47. The summed E-state index contributed by atoms with van der Waals surface area (Å²) in [6.45, 7) is 2.49. The highest BCUT2D eigenvalue weighted by molar-refractivity contribution is 7.10. The summed E-state index contributed by atoms with van der Waals surface area (Å²) in [5.41, 5.74) is 1.29. The lowest BCUT2D eigenvalue weighted by molar-refractivity contribution is -0.149. The van der Waals surface area contributed by atoms with Crippen LogP contribution in [0, 0.1) is 17.8 Å². The highest BCUT2D eigenvalue weighted by atomic mass is 32.1. The number of hydrogen-bond donors (Lipinski definition) is 0. The molecule has 24 heavy (non-hydrogen) atoms. The first kappa shape index (κ1) is 14.9. The maximum Gasteiger partial charge on any atom is 0.223 e. The molecule has 0 N–H and O–H groups in total. The van der Waals surface area contributed by atoms with Gasteiger partial charge in [0, 0.05) is 49.3 Å². The zero-order chi connectivity index (χ0) is 16.3. The summed E-state index contributed by atoms with van der Waals surface area (Å²) in [7, 11) is 0. The van der Waals surface area contributed by atoms with Crippen molar-refractivity contribution in [3.63, 3.8) is 0 Å². The molecule has 0 spiro atoms. The van der Waals surface area contributed by atoms with Crippen LogP contribution >= 0.6 is 11.3 Å². The lowest BCUT2D eigenvalue weighted by Crippen LogP contribution is -2.60. The van der Waals surface area contributed by atoms with Gasteiger partial charge in [-0.2, -0.15) is 0 Å². The maximum absolute atomic E-state index is 12.5. The van der Waals surface area contributed by atoms with Gasteiger partial charge in [-0.05, 0) is 54.5 Å². The molecule has 0 unspecified atom stereocenters. The number of fused-ring (bicyclic) bond motifs is 6. The summed E-state index contributed by atoms with van der Waals surface area (Å²) in [6, 6.07) is 2.65. The van der Waals surface area contributed by atoms with Gasteiger partial charge in [-0.25, -0.2) is 0 Å². The third kappa shape index (κ3) is 2.24. The standard InChI is InChI=1S/C19H24N2O2S/c22-17(20-7-5-16-14(10-20)6-8-24-16)3-4-18(23)21-11-15-12-1-2-13(9-12)19(15)21/h6,8,12-13,15,19H,1-5,7,9-11H2/t12-,13-,15-,19+/m0/s1.